The molecular formula is C14H18FNO3. The summed E-state index contributed by atoms with van der Waals surface area (Å²) in [4.78, 5) is 0. The third kappa shape index (κ3) is 1.92. The summed E-state index contributed by atoms with van der Waals surface area (Å²) in [6.07, 6.45) is 4.95. The van der Waals surface area contributed by atoms with E-state index in [1.165, 1.54) is 13.5 Å². The van der Waals surface area contributed by atoms with E-state index in [0.717, 1.165) is 25.7 Å². The van der Waals surface area contributed by atoms with E-state index in [0.29, 0.717) is 11.3 Å². The summed E-state index contributed by atoms with van der Waals surface area (Å²) in [6.45, 7) is 0.0381. The van der Waals surface area contributed by atoms with Gasteiger partial charge in [0, 0.05) is 11.1 Å². The van der Waals surface area contributed by atoms with Crippen LogP contribution in [0.15, 0.2) is 6.07 Å². The first kappa shape index (κ1) is 12.5. The zero-order valence-corrected chi connectivity index (χ0v) is 11.0. The van der Waals surface area contributed by atoms with Gasteiger partial charge in [-0.15, -0.1) is 0 Å². The van der Waals surface area contributed by atoms with Crippen molar-refractivity contribution in [2.75, 3.05) is 13.9 Å². The molecule has 3 rings (SSSR count). The Morgan fingerprint density at radius 3 is 2.68 bits per heavy atom. The number of ether oxygens (including phenoxy) is 3. The molecule has 0 atom stereocenters. The minimum Gasteiger partial charge on any atom is -0.493 e. The monoisotopic (exact) mass is 267 g/mol. The molecule has 1 heterocycles. The molecule has 1 aromatic carbocycles. The minimum atomic E-state index is -0.536. The lowest BCUT2D eigenvalue weighted by atomic mass is 9.77. The van der Waals surface area contributed by atoms with E-state index in [-0.39, 0.29) is 18.3 Å². The average Bonchev–Trinajstić information content (AvgIpc) is 2.88. The Morgan fingerprint density at radius 1 is 1.26 bits per heavy atom. The van der Waals surface area contributed by atoms with Gasteiger partial charge in [0.1, 0.15) is 0 Å². The molecule has 0 bridgehead atoms. The number of methoxy groups -OCH3 is 1. The molecule has 0 saturated heterocycles. The fourth-order valence-corrected chi connectivity index (χ4v) is 3.01. The standard InChI is InChI=1S/C14H18FNO3/c1-17-12-9(14(16)5-3-2-4-6-14)7-10-13(11(12)15)19-8-18-10/h7H,2-6,8,16H2,1H3. The first-order chi connectivity index (χ1) is 9.15. The normalized spacial score (nSPS) is 20.4. The van der Waals surface area contributed by atoms with Gasteiger partial charge < -0.3 is 19.9 Å². The van der Waals surface area contributed by atoms with E-state index in [9.17, 15) is 4.39 Å². The van der Waals surface area contributed by atoms with Crippen LogP contribution < -0.4 is 19.9 Å². The van der Waals surface area contributed by atoms with Gasteiger partial charge in [0.15, 0.2) is 11.5 Å². The second-order valence-electron chi connectivity index (χ2n) is 5.22. The van der Waals surface area contributed by atoms with Crippen molar-refractivity contribution >= 4 is 0 Å². The van der Waals surface area contributed by atoms with E-state index >= 15 is 0 Å². The first-order valence-corrected chi connectivity index (χ1v) is 6.61. The highest BCUT2D eigenvalue weighted by atomic mass is 19.1. The fourth-order valence-electron chi connectivity index (χ4n) is 3.01. The maximum atomic E-state index is 14.4. The van der Waals surface area contributed by atoms with Gasteiger partial charge in [-0.05, 0) is 18.9 Å². The molecule has 4 nitrogen and oxygen atoms in total. The highest BCUT2D eigenvalue weighted by Crippen LogP contribution is 2.47. The third-order valence-electron chi connectivity index (χ3n) is 4.05. The van der Waals surface area contributed by atoms with Crippen molar-refractivity contribution in [2.45, 2.75) is 37.6 Å². The highest BCUT2D eigenvalue weighted by Gasteiger charge is 2.36. The number of benzene rings is 1. The zero-order chi connectivity index (χ0) is 13.5. The Morgan fingerprint density at radius 2 is 2.00 bits per heavy atom. The number of halogens is 1. The maximum Gasteiger partial charge on any atom is 0.231 e. The fraction of sp³-hybridized carbons (Fsp3) is 0.571. The third-order valence-corrected chi connectivity index (χ3v) is 4.05. The highest BCUT2D eigenvalue weighted by molar-refractivity contribution is 5.55. The van der Waals surface area contributed by atoms with Gasteiger partial charge in [0.2, 0.25) is 18.4 Å². The number of fused-ring (bicyclic) bond motifs is 1. The van der Waals surface area contributed by atoms with Gasteiger partial charge >= 0.3 is 0 Å². The summed E-state index contributed by atoms with van der Waals surface area (Å²) >= 11 is 0. The van der Waals surface area contributed by atoms with Crippen LogP contribution in [0.2, 0.25) is 0 Å². The van der Waals surface area contributed by atoms with Crippen LogP contribution in [0.4, 0.5) is 4.39 Å². The molecule has 1 aliphatic heterocycles. The van der Waals surface area contributed by atoms with Crippen molar-refractivity contribution in [3.8, 4) is 17.2 Å². The molecule has 1 saturated carbocycles. The predicted octanol–water partition coefficient (Wildman–Crippen LogP) is 2.68. The second kappa shape index (κ2) is 4.56. The molecule has 0 amide bonds. The Labute approximate surface area is 111 Å². The summed E-state index contributed by atoms with van der Waals surface area (Å²) in [5.74, 6) is 0.222. The summed E-state index contributed by atoms with van der Waals surface area (Å²) < 4.78 is 30.0. The average molecular weight is 267 g/mol. The molecule has 0 radical (unpaired) electrons. The lowest BCUT2D eigenvalue weighted by Crippen LogP contribution is -2.39. The van der Waals surface area contributed by atoms with Gasteiger partial charge in [0.25, 0.3) is 0 Å². The summed E-state index contributed by atoms with van der Waals surface area (Å²) in [7, 11) is 1.45. The molecule has 2 aliphatic rings. The van der Waals surface area contributed by atoms with Crippen LogP contribution in [0.5, 0.6) is 17.2 Å². The van der Waals surface area contributed by atoms with Crippen LogP contribution in [0, 0.1) is 5.82 Å². The van der Waals surface area contributed by atoms with E-state index in [1.807, 2.05) is 0 Å². The van der Waals surface area contributed by atoms with Crippen LogP contribution in [0.3, 0.4) is 0 Å². The molecule has 0 aromatic heterocycles. The molecule has 19 heavy (non-hydrogen) atoms. The molecular weight excluding hydrogens is 249 g/mol. The Hall–Kier alpha value is -1.49. The van der Waals surface area contributed by atoms with Gasteiger partial charge in [-0.3, -0.25) is 0 Å². The van der Waals surface area contributed by atoms with Crippen molar-refractivity contribution in [3.63, 3.8) is 0 Å². The van der Waals surface area contributed by atoms with E-state index < -0.39 is 11.4 Å². The maximum absolute atomic E-state index is 14.4. The summed E-state index contributed by atoms with van der Waals surface area (Å²) in [6, 6.07) is 1.77. The summed E-state index contributed by atoms with van der Waals surface area (Å²) in [5, 5.41) is 0. The topological polar surface area (TPSA) is 53.7 Å². The van der Waals surface area contributed by atoms with Crippen LogP contribution in [0.25, 0.3) is 0 Å². The number of nitrogens with two attached hydrogens (primary N) is 1. The predicted molar refractivity (Wildman–Crippen MR) is 68.0 cm³/mol. The van der Waals surface area contributed by atoms with Gasteiger partial charge in [-0.2, -0.15) is 4.39 Å². The van der Waals surface area contributed by atoms with E-state index in [1.54, 1.807) is 6.07 Å². The van der Waals surface area contributed by atoms with Crippen molar-refractivity contribution in [3.05, 3.63) is 17.4 Å². The second-order valence-corrected chi connectivity index (χ2v) is 5.22. The first-order valence-electron chi connectivity index (χ1n) is 6.61. The van der Waals surface area contributed by atoms with Crippen molar-refractivity contribution in [1.29, 1.82) is 0 Å². The van der Waals surface area contributed by atoms with Crippen LogP contribution in [-0.4, -0.2) is 13.9 Å². The zero-order valence-electron chi connectivity index (χ0n) is 11.0. The largest absolute Gasteiger partial charge is 0.493 e. The SMILES string of the molecule is COc1c(C2(N)CCCCC2)cc2c(c1F)OCO2. The van der Waals surface area contributed by atoms with Gasteiger partial charge in [0.05, 0.1) is 7.11 Å². The number of hydrogen-bond acceptors (Lipinski definition) is 4. The molecule has 1 fully saturated rings. The van der Waals surface area contributed by atoms with Crippen LogP contribution in [0.1, 0.15) is 37.7 Å². The van der Waals surface area contributed by atoms with Gasteiger partial charge in [-0.25, -0.2) is 0 Å². The van der Waals surface area contributed by atoms with Crippen LogP contribution in [-0.2, 0) is 5.54 Å². The van der Waals surface area contributed by atoms with E-state index in [2.05, 4.69) is 0 Å². The number of rotatable bonds is 2. The molecule has 0 unspecified atom stereocenters. The Balaban J connectivity index is 2.12. The molecule has 5 heteroatoms. The Kier molecular flexibility index (Phi) is 3.01. The van der Waals surface area contributed by atoms with Crippen molar-refractivity contribution in [2.24, 2.45) is 5.73 Å². The molecule has 0 spiro atoms. The quantitative estimate of drug-likeness (QED) is 0.895. The molecule has 2 N–H and O–H groups in total. The molecule has 1 aliphatic carbocycles. The summed E-state index contributed by atoms with van der Waals surface area (Å²) in [5.41, 5.74) is 6.63. The van der Waals surface area contributed by atoms with Crippen molar-refractivity contribution < 1.29 is 18.6 Å². The lowest BCUT2D eigenvalue weighted by Gasteiger charge is -2.35. The van der Waals surface area contributed by atoms with Crippen LogP contribution >= 0.6 is 0 Å². The van der Waals surface area contributed by atoms with Crippen molar-refractivity contribution in [1.82, 2.24) is 0 Å². The van der Waals surface area contributed by atoms with E-state index in [4.69, 9.17) is 19.9 Å². The lowest BCUT2D eigenvalue weighted by molar-refractivity contribution is 0.170. The Bertz CT molecular complexity index is 498. The molecule has 1 aromatic rings. The molecule has 104 valence electrons. The smallest absolute Gasteiger partial charge is 0.231 e. The minimum absolute atomic E-state index is 0.0381. The number of hydrogen-bond donors (Lipinski definition) is 1. The van der Waals surface area contributed by atoms with Gasteiger partial charge in [-0.1, -0.05) is 19.3 Å².